The van der Waals surface area contributed by atoms with Gasteiger partial charge >= 0.3 is 0 Å². The zero-order valence-electron chi connectivity index (χ0n) is 14.4. The molecule has 0 aromatic carbocycles. The third kappa shape index (κ3) is 157. The van der Waals surface area contributed by atoms with Crippen molar-refractivity contribution in [1.29, 1.82) is 0 Å². The van der Waals surface area contributed by atoms with Crippen LogP contribution >= 0.6 is 0 Å². The predicted molar refractivity (Wildman–Crippen MR) is 75.3 cm³/mol. The molecule has 0 saturated heterocycles. The Morgan fingerprint density at radius 1 is 0.739 bits per heavy atom. The summed E-state index contributed by atoms with van der Waals surface area (Å²) in [5.74, 6) is -3.37. The number of carbonyl (C=O) groups excluding carboxylic acids is 4. The zero-order valence-corrected chi connectivity index (χ0v) is 16.0. The molecule has 0 aromatic heterocycles. The van der Waals surface area contributed by atoms with E-state index in [1.54, 1.807) is 27.7 Å². The van der Waals surface area contributed by atoms with Gasteiger partial charge in [0, 0.05) is 58.7 Å². The van der Waals surface area contributed by atoms with Crippen molar-refractivity contribution in [2.75, 3.05) is 0 Å². The van der Waals surface area contributed by atoms with Gasteiger partial charge in [-0.3, -0.25) is 9.59 Å². The molecule has 23 heavy (non-hydrogen) atoms. The van der Waals surface area contributed by atoms with Crippen molar-refractivity contribution >= 4 is 23.5 Å². The summed E-state index contributed by atoms with van der Waals surface area (Å²) in [5.41, 5.74) is 0. The van der Waals surface area contributed by atoms with Gasteiger partial charge in [0.05, 0.1) is 0 Å². The molecule has 2 N–H and O–H groups in total. The van der Waals surface area contributed by atoms with Gasteiger partial charge in [-0.2, -0.15) is 0 Å². The average molecular weight is 370 g/mol. The SMILES string of the molecule is CC(=O)CC(=O)[O-].CC(=O)CC(=O)[O-].CC(C)O.CC(C)O.[Ti]. The number of Topliss-reactive ketones (excluding diaryl/α,β-unsaturated/α-hetero) is 2. The molecular formula is C14H26O8Ti-2. The van der Waals surface area contributed by atoms with E-state index < -0.39 is 24.8 Å². The van der Waals surface area contributed by atoms with Crippen LogP contribution < -0.4 is 10.2 Å². The van der Waals surface area contributed by atoms with Crippen LogP contribution in [-0.4, -0.2) is 45.9 Å². The van der Waals surface area contributed by atoms with Crippen LogP contribution in [0.1, 0.15) is 54.4 Å². The number of hydrogen-bond donors (Lipinski definition) is 2. The van der Waals surface area contributed by atoms with Crippen LogP contribution in [0.2, 0.25) is 0 Å². The van der Waals surface area contributed by atoms with Crippen molar-refractivity contribution in [2.24, 2.45) is 0 Å². The second-order valence-corrected chi connectivity index (χ2v) is 4.69. The summed E-state index contributed by atoms with van der Waals surface area (Å²) in [5, 5.41) is 35.1. The Balaban J connectivity index is -0.0000000639. The molecule has 0 aliphatic carbocycles. The van der Waals surface area contributed by atoms with E-state index in [9.17, 15) is 29.4 Å². The first-order valence-corrected chi connectivity index (χ1v) is 6.46. The fourth-order valence-corrected chi connectivity index (χ4v) is 0.407. The maximum absolute atomic E-state index is 9.83. The Bertz CT molecular complexity index is 265. The minimum Gasteiger partial charge on any atom is -0.550 e. The molecule has 0 radical (unpaired) electrons. The summed E-state index contributed by atoms with van der Waals surface area (Å²) in [6.45, 7) is 9.30. The molecule has 136 valence electrons. The maximum atomic E-state index is 9.83. The summed E-state index contributed by atoms with van der Waals surface area (Å²) in [4.78, 5) is 38.6. The first-order chi connectivity index (χ1) is 9.72. The number of aliphatic hydroxyl groups is 2. The smallest absolute Gasteiger partial charge is 0.135 e. The van der Waals surface area contributed by atoms with Crippen LogP contribution in [0.15, 0.2) is 0 Å². The Morgan fingerprint density at radius 2 is 0.870 bits per heavy atom. The monoisotopic (exact) mass is 370 g/mol. The van der Waals surface area contributed by atoms with E-state index in [0.29, 0.717) is 0 Å². The normalized spacial score (nSPS) is 8.09. The summed E-state index contributed by atoms with van der Waals surface area (Å²) in [6, 6.07) is 0. The molecule has 0 bridgehead atoms. The second kappa shape index (κ2) is 23.2. The molecule has 0 atom stereocenters. The van der Waals surface area contributed by atoms with Crippen LogP contribution in [0.4, 0.5) is 0 Å². The van der Waals surface area contributed by atoms with Gasteiger partial charge < -0.3 is 30.0 Å². The van der Waals surface area contributed by atoms with Crippen LogP contribution in [0, 0.1) is 0 Å². The first kappa shape index (κ1) is 33.5. The number of aliphatic hydroxyl groups excluding tert-OH is 2. The van der Waals surface area contributed by atoms with Crippen molar-refractivity contribution in [3.8, 4) is 0 Å². The van der Waals surface area contributed by atoms with E-state index >= 15 is 0 Å². The quantitative estimate of drug-likeness (QED) is 0.434. The van der Waals surface area contributed by atoms with Gasteiger partial charge in [0.25, 0.3) is 0 Å². The second-order valence-electron chi connectivity index (χ2n) is 4.69. The third-order valence-electron chi connectivity index (χ3n) is 0.787. The Hall–Kier alpha value is -1.09. The molecule has 0 aliphatic heterocycles. The van der Waals surface area contributed by atoms with Gasteiger partial charge in [-0.1, -0.05) is 0 Å². The molecule has 0 amide bonds. The Morgan fingerprint density at radius 3 is 0.870 bits per heavy atom. The van der Waals surface area contributed by atoms with Crippen molar-refractivity contribution in [3.63, 3.8) is 0 Å². The summed E-state index contributed by atoms with van der Waals surface area (Å²) in [7, 11) is 0. The Labute approximate surface area is 151 Å². The van der Waals surface area contributed by atoms with E-state index in [-0.39, 0.29) is 45.5 Å². The van der Waals surface area contributed by atoms with Gasteiger partial charge in [-0.25, -0.2) is 0 Å². The van der Waals surface area contributed by atoms with E-state index in [0.717, 1.165) is 0 Å². The molecule has 0 heterocycles. The van der Waals surface area contributed by atoms with Crippen LogP contribution in [0.3, 0.4) is 0 Å². The van der Waals surface area contributed by atoms with Gasteiger partial charge in [0.15, 0.2) is 0 Å². The van der Waals surface area contributed by atoms with Crippen LogP contribution in [-0.2, 0) is 40.9 Å². The van der Waals surface area contributed by atoms with Crippen LogP contribution in [0.5, 0.6) is 0 Å². The van der Waals surface area contributed by atoms with Crippen LogP contribution in [0.25, 0.3) is 0 Å². The average Bonchev–Trinajstić information content (AvgIpc) is 2.10. The zero-order chi connectivity index (χ0) is 18.9. The summed E-state index contributed by atoms with van der Waals surface area (Å²) in [6.07, 6.45) is -1.28. The van der Waals surface area contributed by atoms with Gasteiger partial charge in [0.1, 0.15) is 11.6 Å². The molecule has 0 unspecified atom stereocenters. The minimum absolute atomic E-state index is 0. The number of rotatable bonds is 4. The number of aliphatic carboxylic acids is 2. The standard InChI is InChI=1S/2C4H6O3.2C3H8O.Ti/c2*1-3(5)2-4(6)7;2*1-3(2)4;/h2*2H2,1H3,(H,6,7);2*3-4H,1-2H3;/p-2. The fraction of sp³-hybridized carbons (Fsp3) is 0.714. The number of carboxylic acid groups (broad SMARTS) is 2. The Kier molecular flexibility index (Phi) is 33.8. The predicted octanol–water partition coefficient (Wildman–Crippen LogP) is -1.80. The van der Waals surface area contributed by atoms with Crippen molar-refractivity contribution in [1.82, 2.24) is 0 Å². The van der Waals surface area contributed by atoms with E-state index in [4.69, 9.17) is 10.2 Å². The summed E-state index contributed by atoms with van der Waals surface area (Å²) < 4.78 is 0. The minimum atomic E-state index is -1.31. The topological polar surface area (TPSA) is 155 Å². The number of ketones is 2. The molecular weight excluding hydrogens is 344 g/mol. The third-order valence-corrected chi connectivity index (χ3v) is 0.787. The summed E-state index contributed by atoms with van der Waals surface area (Å²) >= 11 is 0. The van der Waals surface area contributed by atoms with Crippen molar-refractivity contribution in [2.45, 2.75) is 66.6 Å². The molecule has 0 aromatic rings. The van der Waals surface area contributed by atoms with Gasteiger partial charge in [0.2, 0.25) is 0 Å². The van der Waals surface area contributed by atoms with Gasteiger partial charge in [-0.05, 0) is 41.5 Å². The molecule has 0 aliphatic rings. The molecule has 9 heteroatoms. The molecule has 0 saturated carbocycles. The largest absolute Gasteiger partial charge is 0.550 e. The van der Waals surface area contributed by atoms with Gasteiger partial charge in [-0.15, -0.1) is 0 Å². The number of carboxylic acids is 2. The molecule has 0 spiro atoms. The van der Waals surface area contributed by atoms with Crippen molar-refractivity contribution < 1.29 is 61.3 Å². The van der Waals surface area contributed by atoms with E-state index in [1.807, 2.05) is 0 Å². The van der Waals surface area contributed by atoms with Crippen molar-refractivity contribution in [3.05, 3.63) is 0 Å². The number of hydrogen-bond acceptors (Lipinski definition) is 8. The number of carbonyl (C=O) groups is 4. The maximum Gasteiger partial charge on any atom is 0.135 e. The van der Waals surface area contributed by atoms with E-state index in [2.05, 4.69) is 0 Å². The molecule has 0 fully saturated rings. The van der Waals surface area contributed by atoms with E-state index in [1.165, 1.54) is 13.8 Å². The molecule has 0 rings (SSSR count). The first-order valence-electron chi connectivity index (χ1n) is 6.46. The molecule has 8 nitrogen and oxygen atoms in total. The fourth-order valence-electron chi connectivity index (χ4n) is 0.407.